The van der Waals surface area contributed by atoms with Gasteiger partial charge in [-0.1, -0.05) is 36.4 Å². The Morgan fingerprint density at radius 3 is 1.94 bits per heavy atom. The molecule has 4 aromatic carbocycles. The zero-order chi connectivity index (χ0) is 24.6. The van der Waals surface area contributed by atoms with E-state index in [9.17, 15) is 4.79 Å². The molecule has 2 amide bonds. The molecule has 0 unspecified atom stereocenters. The van der Waals surface area contributed by atoms with Crippen molar-refractivity contribution in [3.63, 3.8) is 0 Å². The monoisotopic (exact) mass is 476 g/mol. The molecule has 0 fully saturated rings. The third-order valence-electron chi connectivity index (χ3n) is 5.29. The van der Waals surface area contributed by atoms with Crippen molar-refractivity contribution in [1.29, 1.82) is 0 Å². The van der Waals surface area contributed by atoms with Crippen LogP contribution in [0, 0.1) is 0 Å². The van der Waals surface area contributed by atoms with Crippen molar-refractivity contribution in [1.82, 2.24) is 9.97 Å². The smallest absolute Gasteiger partial charge is 0.323 e. The quantitative estimate of drug-likeness (QED) is 0.223. The first-order valence-electron chi connectivity index (χ1n) is 11.4. The molecule has 0 saturated heterocycles. The van der Waals surface area contributed by atoms with Crippen molar-refractivity contribution in [3.8, 4) is 28.5 Å². The molecule has 0 aliphatic heterocycles. The number of imidazole rings is 1. The van der Waals surface area contributed by atoms with Crippen LogP contribution >= 0.6 is 0 Å². The highest BCUT2D eigenvalue weighted by atomic mass is 16.5. The highest BCUT2D eigenvalue weighted by Gasteiger charge is 2.06. The van der Waals surface area contributed by atoms with Gasteiger partial charge >= 0.3 is 6.03 Å². The fourth-order valence-corrected chi connectivity index (χ4v) is 3.51. The molecule has 7 nitrogen and oxygen atoms in total. The molecule has 1 aromatic heterocycles. The van der Waals surface area contributed by atoms with Crippen LogP contribution in [-0.2, 0) is 6.61 Å². The standard InChI is InChI=1S/C29H24N4O3/c34-29(31-22-7-3-1-4-8-22)32-23-13-17-26(18-14-23)36-25-15-11-21(12-16-25)27-19-30-28(33-27)20-35-24-9-5-2-6-10-24/h1-19H,20H2,(H,30,33)(H2,31,32,34). The Bertz CT molecular complexity index is 1400. The highest BCUT2D eigenvalue weighted by Crippen LogP contribution is 2.26. The molecule has 0 saturated carbocycles. The van der Waals surface area contributed by atoms with Crippen LogP contribution in [0.5, 0.6) is 17.2 Å². The number of carbonyl (C=O) groups is 1. The van der Waals surface area contributed by atoms with Gasteiger partial charge in [0.05, 0.1) is 11.9 Å². The lowest BCUT2D eigenvalue weighted by Gasteiger charge is -2.09. The van der Waals surface area contributed by atoms with Gasteiger partial charge in [0, 0.05) is 11.4 Å². The second-order valence-electron chi connectivity index (χ2n) is 7.94. The zero-order valence-electron chi connectivity index (χ0n) is 19.3. The summed E-state index contributed by atoms with van der Waals surface area (Å²) in [6.45, 7) is 0.365. The van der Waals surface area contributed by atoms with E-state index in [4.69, 9.17) is 9.47 Å². The molecular weight excluding hydrogens is 452 g/mol. The number of aromatic amines is 1. The average molecular weight is 477 g/mol. The van der Waals surface area contributed by atoms with Crippen LogP contribution in [0.15, 0.2) is 115 Å². The van der Waals surface area contributed by atoms with Gasteiger partial charge in [-0.15, -0.1) is 0 Å². The van der Waals surface area contributed by atoms with Crippen LogP contribution in [0.4, 0.5) is 16.2 Å². The van der Waals surface area contributed by atoms with Crippen molar-refractivity contribution in [2.24, 2.45) is 0 Å². The molecule has 0 bridgehead atoms. The van der Waals surface area contributed by atoms with Crippen molar-refractivity contribution in [3.05, 3.63) is 121 Å². The normalized spacial score (nSPS) is 10.4. The first-order valence-corrected chi connectivity index (χ1v) is 11.4. The summed E-state index contributed by atoms with van der Waals surface area (Å²) in [6, 6.07) is 33.5. The largest absolute Gasteiger partial charge is 0.486 e. The molecule has 7 heteroatoms. The lowest BCUT2D eigenvalue weighted by molar-refractivity contribution is 0.262. The maximum absolute atomic E-state index is 12.1. The van der Waals surface area contributed by atoms with Crippen molar-refractivity contribution in [2.45, 2.75) is 6.61 Å². The minimum atomic E-state index is -0.306. The molecule has 178 valence electrons. The average Bonchev–Trinajstić information content (AvgIpc) is 3.39. The van der Waals surface area contributed by atoms with E-state index in [0.29, 0.717) is 23.8 Å². The number of rotatable bonds is 8. The Balaban J connectivity index is 1.14. The molecule has 0 atom stereocenters. The van der Waals surface area contributed by atoms with Crippen molar-refractivity contribution in [2.75, 3.05) is 10.6 Å². The van der Waals surface area contributed by atoms with Crippen molar-refractivity contribution < 1.29 is 14.3 Å². The van der Waals surface area contributed by atoms with Crippen LogP contribution in [0.2, 0.25) is 0 Å². The van der Waals surface area contributed by atoms with E-state index in [-0.39, 0.29) is 6.03 Å². The van der Waals surface area contributed by atoms with E-state index < -0.39 is 0 Å². The number of ether oxygens (including phenoxy) is 2. The van der Waals surface area contributed by atoms with Gasteiger partial charge in [-0.3, -0.25) is 0 Å². The summed E-state index contributed by atoms with van der Waals surface area (Å²) in [4.78, 5) is 19.8. The summed E-state index contributed by atoms with van der Waals surface area (Å²) < 4.78 is 11.7. The Morgan fingerprint density at radius 2 is 1.28 bits per heavy atom. The Hall–Kier alpha value is -5.04. The van der Waals surface area contributed by atoms with Crippen LogP contribution < -0.4 is 20.1 Å². The lowest BCUT2D eigenvalue weighted by atomic mass is 10.1. The molecule has 5 rings (SSSR count). The van der Waals surface area contributed by atoms with Gasteiger partial charge in [-0.2, -0.15) is 0 Å². The predicted molar refractivity (Wildman–Crippen MR) is 140 cm³/mol. The number of para-hydroxylation sites is 2. The van der Waals surface area contributed by atoms with E-state index in [0.717, 1.165) is 28.5 Å². The number of H-pyrrole nitrogens is 1. The maximum atomic E-state index is 12.1. The SMILES string of the molecule is O=C(Nc1ccccc1)Nc1ccc(Oc2ccc(-c3cnc(COc4ccccc4)[nH]3)cc2)cc1. The number of aromatic nitrogens is 2. The Labute approximate surface area is 208 Å². The predicted octanol–water partition coefficient (Wildman–Crippen LogP) is 7.09. The first kappa shape index (κ1) is 22.7. The first-order chi connectivity index (χ1) is 17.7. The minimum absolute atomic E-state index is 0.306. The fraction of sp³-hybridized carbons (Fsp3) is 0.0345. The lowest BCUT2D eigenvalue weighted by Crippen LogP contribution is -2.19. The van der Waals surface area contributed by atoms with Gasteiger partial charge in [0.25, 0.3) is 0 Å². The second-order valence-corrected chi connectivity index (χ2v) is 7.94. The molecule has 36 heavy (non-hydrogen) atoms. The number of hydrogen-bond acceptors (Lipinski definition) is 4. The summed E-state index contributed by atoms with van der Waals surface area (Å²) >= 11 is 0. The van der Waals surface area contributed by atoms with Crippen molar-refractivity contribution >= 4 is 17.4 Å². The van der Waals surface area contributed by atoms with Gasteiger partial charge in [-0.05, 0) is 78.4 Å². The number of urea groups is 1. The molecule has 0 aliphatic carbocycles. The molecule has 0 aliphatic rings. The summed E-state index contributed by atoms with van der Waals surface area (Å²) in [5.74, 6) is 2.92. The summed E-state index contributed by atoms with van der Waals surface area (Å²) in [5.41, 5.74) is 3.28. The van der Waals surface area contributed by atoms with Crippen LogP contribution in [0.1, 0.15) is 5.82 Å². The number of benzene rings is 4. The topological polar surface area (TPSA) is 88.3 Å². The zero-order valence-corrected chi connectivity index (χ0v) is 19.3. The van der Waals surface area contributed by atoms with Crippen LogP contribution in [-0.4, -0.2) is 16.0 Å². The Morgan fingerprint density at radius 1 is 0.694 bits per heavy atom. The van der Waals surface area contributed by atoms with Crippen LogP contribution in [0.3, 0.4) is 0 Å². The summed E-state index contributed by atoms with van der Waals surface area (Å²) in [5, 5.41) is 5.59. The van der Waals surface area contributed by atoms with Gasteiger partial charge < -0.3 is 25.1 Å². The second kappa shape index (κ2) is 10.9. The number of amides is 2. The van der Waals surface area contributed by atoms with E-state index in [2.05, 4.69) is 20.6 Å². The maximum Gasteiger partial charge on any atom is 0.323 e. The van der Waals surface area contributed by atoms with Gasteiger partial charge in [-0.25, -0.2) is 9.78 Å². The van der Waals surface area contributed by atoms with Gasteiger partial charge in [0.15, 0.2) is 0 Å². The van der Waals surface area contributed by atoms with E-state index in [1.54, 1.807) is 30.5 Å². The van der Waals surface area contributed by atoms with Gasteiger partial charge in [0.1, 0.15) is 29.7 Å². The summed E-state index contributed by atoms with van der Waals surface area (Å²) in [7, 11) is 0. The minimum Gasteiger partial charge on any atom is -0.486 e. The summed E-state index contributed by atoms with van der Waals surface area (Å²) in [6.07, 6.45) is 1.79. The number of carbonyl (C=O) groups excluding carboxylic acids is 1. The van der Waals surface area contributed by atoms with Crippen LogP contribution in [0.25, 0.3) is 11.3 Å². The third-order valence-corrected chi connectivity index (χ3v) is 5.29. The molecular formula is C29H24N4O3. The molecule has 1 heterocycles. The van der Waals surface area contributed by atoms with Gasteiger partial charge in [0.2, 0.25) is 0 Å². The molecule has 0 spiro atoms. The molecule has 5 aromatic rings. The number of anilines is 2. The third kappa shape index (κ3) is 6.09. The van der Waals surface area contributed by atoms with E-state index in [1.807, 2.05) is 84.9 Å². The number of hydrogen-bond donors (Lipinski definition) is 3. The van der Waals surface area contributed by atoms with E-state index in [1.165, 1.54) is 0 Å². The highest BCUT2D eigenvalue weighted by molar-refractivity contribution is 5.99. The Kier molecular flexibility index (Phi) is 6.90. The number of nitrogens with zero attached hydrogens (tertiary/aromatic N) is 1. The van der Waals surface area contributed by atoms with E-state index >= 15 is 0 Å². The fourth-order valence-electron chi connectivity index (χ4n) is 3.51. The molecule has 3 N–H and O–H groups in total. The number of nitrogens with one attached hydrogen (secondary N) is 3. The molecule has 0 radical (unpaired) electrons.